The summed E-state index contributed by atoms with van der Waals surface area (Å²) in [7, 11) is 0. The lowest BCUT2D eigenvalue weighted by atomic mass is 10.0. The maximum absolute atomic E-state index is 5.19. The van der Waals surface area contributed by atoms with Crippen LogP contribution in [0.1, 0.15) is 43.1 Å². The monoisotopic (exact) mass is 258 g/mol. The van der Waals surface area contributed by atoms with Crippen molar-refractivity contribution in [1.29, 1.82) is 0 Å². The predicted molar refractivity (Wildman–Crippen MR) is 77.1 cm³/mol. The largest absolute Gasteiger partial charge is 0.472 e. The Labute approximate surface area is 115 Å². The van der Waals surface area contributed by atoms with Gasteiger partial charge in [-0.1, -0.05) is 19.9 Å². The van der Waals surface area contributed by atoms with E-state index in [1.807, 2.05) is 18.5 Å². The van der Waals surface area contributed by atoms with Crippen molar-refractivity contribution in [3.05, 3.63) is 53.7 Å². The fourth-order valence-electron chi connectivity index (χ4n) is 2.09. The van der Waals surface area contributed by atoms with Crippen molar-refractivity contribution in [1.82, 2.24) is 10.3 Å². The van der Waals surface area contributed by atoms with Crippen LogP contribution in [0.15, 0.2) is 41.3 Å². The Morgan fingerprint density at radius 3 is 2.74 bits per heavy atom. The first-order chi connectivity index (χ1) is 9.33. The molecule has 3 nitrogen and oxygen atoms in total. The Bertz CT molecular complexity index is 462. The number of rotatable bonds is 7. The van der Waals surface area contributed by atoms with Gasteiger partial charge in [-0.2, -0.15) is 0 Å². The van der Waals surface area contributed by atoms with E-state index in [0.29, 0.717) is 0 Å². The molecule has 0 bridgehead atoms. The van der Waals surface area contributed by atoms with Gasteiger partial charge in [0.2, 0.25) is 0 Å². The SMILES string of the molecule is CCCNC(Cc1ccc(CC)cn1)c1ccoc1. The van der Waals surface area contributed by atoms with Crippen LogP contribution in [0.4, 0.5) is 0 Å². The van der Waals surface area contributed by atoms with Gasteiger partial charge in [-0.25, -0.2) is 0 Å². The van der Waals surface area contributed by atoms with E-state index in [-0.39, 0.29) is 6.04 Å². The molecule has 2 rings (SSSR count). The summed E-state index contributed by atoms with van der Waals surface area (Å²) in [5.74, 6) is 0. The van der Waals surface area contributed by atoms with Gasteiger partial charge in [0.1, 0.15) is 0 Å². The van der Waals surface area contributed by atoms with E-state index in [4.69, 9.17) is 4.42 Å². The highest BCUT2D eigenvalue weighted by Crippen LogP contribution is 2.18. The highest BCUT2D eigenvalue weighted by Gasteiger charge is 2.13. The quantitative estimate of drug-likeness (QED) is 0.825. The molecule has 0 saturated heterocycles. The molecule has 2 heterocycles. The molecule has 3 heteroatoms. The Kier molecular flexibility index (Phi) is 5.16. The molecule has 2 aromatic heterocycles. The maximum Gasteiger partial charge on any atom is 0.0950 e. The van der Waals surface area contributed by atoms with Gasteiger partial charge in [-0.15, -0.1) is 0 Å². The molecule has 19 heavy (non-hydrogen) atoms. The maximum atomic E-state index is 5.19. The summed E-state index contributed by atoms with van der Waals surface area (Å²) in [6, 6.07) is 6.58. The zero-order chi connectivity index (χ0) is 13.5. The molecule has 0 amide bonds. The fourth-order valence-corrected chi connectivity index (χ4v) is 2.09. The summed E-state index contributed by atoms with van der Waals surface area (Å²) in [5, 5.41) is 3.55. The van der Waals surface area contributed by atoms with Crippen LogP contribution in [0.2, 0.25) is 0 Å². The Hall–Kier alpha value is -1.61. The number of nitrogens with one attached hydrogen (secondary N) is 1. The van der Waals surface area contributed by atoms with Crippen LogP contribution in [0.3, 0.4) is 0 Å². The standard InChI is InChI=1S/C16H22N2O/c1-3-8-17-16(14-7-9-19-12-14)10-15-6-5-13(4-2)11-18-15/h5-7,9,11-12,16-17H,3-4,8,10H2,1-2H3. The van der Waals surface area contributed by atoms with E-state index in [0.717, 1.165) is 31.5 Å². The van der Waals surface area contributed by atoms with Crippen molar-refractivity contribution in [2.24, 2.45) is 0 Å². The number of aryl methyl sites for hydroxylation is 1. The number of aromatic nitrogens is 1. The zero-order valence-electron chi connectivity index (χ0n) is 11.7. The lowest BCUT2D eigenvalue weighted by molar-refractivity contribution is 0.508. The van der Waals surface area contributed by atoms with E-state index in [2.05, 4.69) is 36.3 Å². The molecule has 102 valence electrons. The first-order valence-corrected chi connectivity index (χ1v) is 7.02. The highest BCUT2D eigenvalue weighted by atomic mass is 16.3. The van der Waals surface area contributed by atoms with Crippen LogP contribution in [-0.2, 0) is 12.8 Å². The van der Waals surface area contributed by atoms with Gasteiger partial charge in [0.05, 0.1) is 12.5 Å². The molecule has 1 unspecified atom stereocenters. The average Bonchev–Trinajstić information content (AvgIpc) is 2.98. The lowest BCUT2D eigenvalue weighted by Gasteiger charge is -2.16. The van der Waals surface area contributed by atoms with Gasteiger partial charge in [-0.05, 0) is 37.1 Å². The van der Waals surface area contributed by atoms with Gasteiger partial charge in [0.15, 0.2) is 0 Å². The van der Waals surface area contributed by atoms with Crippen molar-refractivity contribution in [3.63, 3.8) is 0 Å². The number of hydrogen-bond acceptors (Lipinski definition) is 3. The van der Waals surface area contributed by atoms with Crippen LogP contribution in [-0.4, -0.2) is 11.5 Å². The second-order valence-corrected chi connectivity index (χ2v) is 4.78. The molecule has 0 aliphatic carbocycles. The second-order valence-electron chi connectivity index (χ2n) is 4.78. The lowest BCUT2D eigenvalue weighted by Crippen LogP contribution is -2.24. The number of hydrogen-bond donors (Lipinski definition) is 1. The number of nitrogens with zero attached hydrogens (tertiary/aromatic N) is 1. The molecule has 0 aliphatic rings. The Morgan fingerprint density at radius 2 is 2.16 bits per heavy atom. The molecule has 1 N–H and O–H groups in total. The number of furan rings is 1. The van der Waals surface area contributed by atoms with Crippen molar-refractivity contribution in [3.8, 4) is 0 Å². The Morgan fingerprint density at radius 1 is 1.26 bits per heavy atom. The smallest absolute Gasteiger partial charge is 0.0950 e. The molecular formula is C16H22N2O. The van der Waals surface area contributed by atoms with Gasteiger partial charge in [0, 0.05) is 29.9 Å². The van der Waals surface area contributed by atoms with E-state index in [1.165, 1.54) is 11.1 Å². The molecule has 1 atom stereocenters. The van der Waals surface area contributed by atoms with E-state index in [9.17, 15) is 0 Å². The molecule has 0 spiro atoms. The summed E-state index contributed by atoms with van der Waals surface area (Å²) in [6.45, 7) is 5.32. The topological polar surface area (TPSA) is 38.1 Å². The zero-order valence-corrected chi connectivity index (χ0v) is 11.7. The Balaban J connectivity index is 2.06. The molecule has 2 aromatic rings. The summed E-state index contributed by atoms with van der Waals surface area (Å²) in [6.07, 6.45) is 8.56. The van der Waals surface area contributed by atoms with Crippen molar-refractivity contribution < 1.29 is 4.42 Å². The van der Waals surface area contributed by atoms with E-state index in [1.54, 1.807) is 6.26 Å². The summed E-state index contributed by atoms with van der Waals surface area (Å²) < 4.78 is 5.19. The van der Waals surface area contributed by atoms with Gasteiger partial charge in [0.25, 0.3) is 0 Å². The minimum absolute atomic E-state index is 0.277. The van der Waals surface area contributed by atoms with E-state index < -0.39 is 0 Å². The van der Waals surface area contributed by atoms with Crippen LogP contribution < -0.4 is 5.32 Å². The van der Waals surface area contributed by atoms with Crippen LogP contribution in [0, 0.1) is 0 Å². The highest BCUT2D eigenvalue weighted by molar-refractivity contribution is 5.18. The van der Waals surface area contributed by atoms with Crippen LogP contribution in [0.5, 0.6) is 0 Å². The van der Waals surface area contributed by atoms with Gasteiger partial charge in [-0.3, -0.25) is 4.98 Å². The summed E-state index contributed by atoms with van der Waals surface area (Å²) in [4.78, 5) is 4.54. The molecule has 0 aromatic carbocycles. The van der Waals surface area contributed by atoms with Crippen LogP contribution in [0.25, 0.3) is 0 Å². The molecule has 0 saturated carbocycles. The summed E-state index contributed by atoms with van der Waals surface area (Å²) >= 11 is 0. The normalized spacial score (nSPS) is 12.5. The van der Waals surface area contributed by atoms with Crippen LogP contribution >= 0.6 is 0 Å². The third-order valence-corrected chi connectivity index (χ3v) is 3.29. The average molecular weight is 258 g/mol. The second kappa shape index (κ2) is 7.10. The fraction of sp³-hybridized carbons (Fsp3) is 0.438. The minimum Gasteiger partial charge on any atom is -0.472 e. The predicted octanol–water partition coefficient (Wildman–Crippen LogP) is 3.52. The first-order valence-electron chi connectivity index (χ1n) is 7.02. The molecular weight excluding hydrogens is 236 g/mol. The number of pyridine rings is 1. The third kappa shape index (κ3) is 3.93. The van der Waals surface area contributed by atoms with Crippen molar-refractivity contribution in [2.45, 2.75) is 39.2 Å². The van der Waals surface area contributed by atoms with Gasteiger partial charge >= 0.3 is 0 Å². The minimum atomic E-state index is 0.277. The van der Waals surface area contributed by atoms with Crippen molar-refractivity contribution in [2.75, 3.05) is 6.54 Å². The van der Waals surface area contributed by atoms with Gasteiger partial charge < -0.3 is 9.73 Å². The third-order valence-electron chi connectivity index (χ3n) is 3.29. The molecule has 0 fully saturated rings. The summed E-state index contributed by atoms with van der Waals surface area (Å²) in [5.41, 5.74) is 3.59. The van der Waals surface area contributed by atoms with E-state index >= 15 is 0 Å². The molecule has 0 radical (unpaired) electrons. The van der Waals surface area contributed by atoms with Crippen molar-refractivity contribution >= 4 is 0 Å². The molecule has 0 aliphatic heterocycles. The first kappa shape index (κ1) is 13.8.